The number of sulfone groups is 1. The van der Waals surface area contributed by atoms with Crippen LogP contribution >= 0.6 is 11.8 Å². The second-order valence-electron chi connectivity index (χ2n) is 5.11. The van der Waals surface area contributed by atoms with Crippen LogP contribution in [0.2, 0.25) is 0 Å². The van der Waals surface area contributed by atoms with Gasteiger partial charge < -0.3 is 10.8 Å². The monoisotopic (exact) mass is 269 g/mol. The van der Waals surface area contributed by atoms with Crippen LogP contribution in [0.25, 0.3) is 0 Å². The van der Waals surface area contributed by atoms with Gasteiger partial charge in [-0.1, -0.05) is 20.8 Å². The van der Waals surface area contributed by atoms with E-state index in [9.17, 15) is 13.5 Å². The van der Waals surface area contributed by atoms with Crippen molar-refractivity contribution in [1.29, 1.82) is 0 Å². The highest BCUT2D eigenvalue weighted by Crippen LogP contribution is 2.26. The number of nitrogens with two attached hydrogens (primary N) is 1. The molecule has 0 aliphatic rings. The molecule has 0 heterocycles. The van der Waals surface area contributed by atoms with Crippen molar-refractivity contribution in [1.82, 2.24) is 0 Å². The Bertz CT molecular complexity index is 296. The van der Waals surface area contributed by atoms with Crippen LogP contribution in [0.4, 0.5) is 0 Å². The first-order valence-electron chi connectivity index (χ1n) is 5.23. The topological polar surface area (TPSA) is 80.4 Å². The lowest BCUT2D eigenvalue weighted by atomic mass is 9.85. The highest BCUT2D eigenvalue weighted by atomic mass is 32.2. The van der Waals surface area contributed by atoms with Gasteiger partial charge in [-0.25, -0.2) is 8.42 Å². The summed E-state index contributed by atoms with van der Waals surface area (Å²) in [4.78, 5) is 0. The molecule has 0 saturated carbocycles. The smallest absolute Gasteiger partial charge is 0.148 e. The number of aliphatic hydroxyl groups excluding tert-OH is 1. The van der Waals surface area contributed by atoms with Crippen molar-refractivity contribution in [3.8, 4) is 0 Å². The summed E-state index contributed by atoms with van der Waals surface area (Å²) in [5.41, 5.74) is 5.93. The normalized spacial score (nSPS) is 17.1. The first-order chi connectivity index (χ1) is 7.08. The summed E-state index contributed by atoms with van der Waals surface area (Å²) in [6, 6.07) is -0.151. The second kappa shape index (κ2) is 6.23. The zero-order valence-electron chi connectivity index (χ0n) is 10.4. The van der Waals surface area contributed by atoms with Crippen molar-refractivity contribution < 1.29 is 13.5 Å². The third-order valence-corrected chi connectivity index (χ3v) is 4.88. The van der Waals surface area contributed by atoms with E-state index in [1.807, 2.05) is 20.8 Å². The van der Waals surface area contributed by atoms with Crippen LogP contribution in [-0.4, -0.2) is 49.2 Å². The van der Waals surface area contributed by atoms with Crippen LogP contribution in [0.3, 0.4) is 0 Å². The van der Waals surface area contributed by atoms with E-state index in [-0.39, 0.29) is 29.1 Å². The van der Waals surface area contributed by atoms with Crippen molar-refractivity contribution in [3.63, 3.8) is 0 Å². The van der Waals surface area contributed by atoms with Gasteiger partial charge in [0.15, 0.2) is 0 Å². The maximum Gasteiger partial charge on any atom is 0.148 e. The Hall–Kier alpha value is 0.220. The highest BCUT2D eigenvalue weighted by molar-refractivity contribution is 8.01. The number of rotatable bonds is 6. The molecule has 0 rings (SSSR count). The Labute approximate surface area is 103 Å². The molecule has 0 aromatic heterocycles. The number of hydrogen-bond donors (Lipinski definition) is 2. The molecule has 0 bridgehead atoms. The summed E-state index contributed by atoms with van der Waals surface area (Å²) in [7, 11) is -2.93. The Balaban J connectivity index is 4.22. The van der Waals surface area contributed by atoms with Gasteiger partial charge in [0.05, 0.1) is 12.4 Å². The lowest BCUT2D eigenvalue weighted by Crippen LogP contribution is -2.45. The molecule has 0 fully saturated rings. The summed E-state index contributed by atoms with van der Waals surface area (Å²) >= 11 is 1.43. The average Bonchev–Trinajstić information content (AvgIpc) is 2.08. The van der Waals surface area contributed by atoms with E-state index in [1.54, 1.807) is 0 Å². The van der Waals surface area contributed by atoms with E-state index in [0.29, 0.717) is 5.75 Å². The van der Waals surface area contributed by atoms with Gasteiger partial charge in [-0.3, -0.25) is 0 Å². The van der Waals surface area contributed by atoms with Crippen LogP contribution in [-0.2, 0) is 9.84 Å². The summed E-state index contributed by atoms with van der Waals surface area (Å²) in [6.45, 7) is 6.01. The van der Waals surface area contributed by atoms with E-state index in [1.165, 1.54) is 18.0 Å². The minimum Gasteiger partial charge on any atom is -0.395 e. The van der Waals surface area contributed by atoms with E-state index in [0.717, 1.165) is 0 Å². The quantitative estimate of drug-likeness (QED) is 0.734. The molecule has 0 spiro atoms. The van der Waals surface area contributed by atoms with Crippen LogP contribution in [0.5, 0.6) is 0 Å². The molecule has 0 aromatic carbocycles. The molecule has 0 aromatic rings. The van der Waals surface area contributed by atoms with Gasteiger partial charge in [-0.15, -0.1) is 0 Å². The van der Waals surface area contributed by atoms with Crippen LogP contribution in [0, 0.1) is 5.41 Å². The molecule has 0 amide bonds. The van der Waals surface area contributed by atoms with Gasteiger partial charge in [0.2, 0.25) is 0 Å². The van der Waals surface area contributed by atoms with Gasteiger partial charge in [-0.2, -0.15) is 11.8 Å². The molecule has 0 saturated heterocycles. The highest BCUT2D eigenvalue weighted by Gasteiger charge is 2.28. The lowest BCUT2D eigenvalue weighted by Gasteiger charge is -2.32. The maximum absolute atomic E-state index is 11.0. The number of aliphatic hydroxyl groups is 1. The zero-order valence-corrected chi connectivity index (χ0v) is 12.1. The Morgan fingerprint density at radius 1 is 1.38 bits per heavy atom. The third-order valence-electron chi connectivity index (χ3n) is 2.37. The predicted octanol–water partition coefficient (Wildman–Crippen LogP) is 0.499. The van der Waals surface area contributed by atoms with Crippen LogP contribution in [0.1, 0.15) is 20.8 Å². The van der Waals surface area contributed by atoms with Gasteiger partial charge in [-0.05, 0) is 5.41 Å². The Kier molecular flexibility index (Phi) is 6.32. The largest absolute Gasteiger partial charge is 0.395 e. The van der Waals surface area contributed by atoms with Crippen LogP contribution < -0.4 is 5.73 Å². The van der Waals surface area contributed by atoms with Crippen LogP contribution in [0.15, 0.2) is 0 Å². The molecule has 16 heavy (non-hydrogen) atoms. The number of hydrogen-bond acceptors (Lipinski definition) is 5. The van der Waals surface area contributed by atoms with E-state index >= 15 is 0 Å². The predicted molar refractivity (Wildman–Crippen MR) is 70.5 cm³/mol. The molecule has 2 unspecified atom stereocenters. The van der Waals surface area contributed by atoms with E-state index in [4.69, 9.17) is 5.73 Å². The van der Waals surface area contributed by atoms with Crippen molar-refractivity contribution in [2.24, 2.45) is 11.1 Å². The molecule has 0 aliphatic heterocycles. The standard InChI is InChI=1S/C10H23NO3S2/c1-10(2,3)9(11)8(7-12)15-5-6-16(4,13)14/h8-9,12H,5-7,11H2,1-4H3. The maximum atomic E-state index is 11.0. The van der Waals surface area contributed by atoms with Gasteiger partial charge in [0.1, 0.15) is 9.84 Å². The number of thioether (sulfide) groups is 1. The molecule has 98 valence electrons. The molecule has 2 atom stereocenters. The van der Waals surface area contributed by atoms with Crippen molar-refractivity contribution in [3.05, 3.63) is 0 Å². The lowest BCUT2D eigenvalue weighted by molar-refractivity contribution is 0.233. The minimum atomic E-state index is -2.93. The van der Waals surface area contributed by atoms with E-state index in [2.05, 4.69) is 0 Å². The molecule has 0 aliphatic carbocycles. The Morgan fingerprint density at radius 2 is 1.88 bits per heavy atom. The molecule has 3 N–H and O–H groups in total. The first kappa shape index (κ1) is 16.2. The Morgan fingerprint density at radius 3 is 2.19 bits per heavy atom. The first-order valence-corrected chi connectivity index (χ1v) is 8.34. The summed E-state index contributed by atoms with van der Waals surface area (Å²) in [5, 5.41) is 9.13. The summed E-state index contributed by atoms with van der Waals surface area (Å²) < 4.78 is 21.9. The molecular formula is C10H23NO3S2. The molecule has 0 radical (unpaired) electrons. The van der Waals surface area contributed by atoms with Gasteiger partial charge in [0, 0.05) is 23.3 Å². The van der Waals surface area contributed by atoms with Gasteiger partial charge in [0.25, 0.3) is 0 Å². The molecular weight excluding hydrogens is 246 g/mol. The zero-order chi connectivity index (χ0) is 13.0. The minimum absolute atomic E-state index is 0.0210. The van der Waals surface area contributed by atoms with Crippen molar-refractivity contribution in [2.45, 2.75) is 32.1 Å². The molecule has 4 nitrogen and oxygen atoms in total. The van der Waals surface area contributed by atoms with Gasteiger partial charge >= 0.3 is 0 Å². The SMILES string of the molecule is CC(C)(C)C(N)C(CO)SCCS(C)(=O)=O. The fraction of sp³-hybridized carbons (Fsp3) is 1.00. The molecule has 6 heteroatoms. The summed E-state index contributed by atoms with van der Waals surface area (Å²) in [6.07, 6.45) is 1.21. The second-order valence-corrected chi connectivity index (χ2v) is 8.72. The van der Waals surface area contributed by atoms with Crippen molar-refractivity contribution in [2.75, 3.05) is 24.4 Å². The third kappa shape index (κ3) is 6.73. The van der Waals surface area contributed by atoms with E-state index < -0.39 is 9.84 Å². The van der Waals surface area contributed by atoms with Crippen molar-refractivity contribution >= 4 is 21.6 Å². The average molecular weight is 269 g/mol. The summed E-state index contributed by atoms with van der Waals surface area (Å²) in [5.74, 6) is 0.610. The fourth-order valence-corrected chi connectivity index (χ4v) is 3.80. The fourth-order valence-electron chi connectivity index (χ4n) is 1.18.